The highest BCUT2D eigenvalue weighted by atomic mass is 79.9. The summed E-state index contributed by atoms with van der Waals surface area (Å²) in [5.41, 5.74) is 0.711. The average molecular weight is 323 g/mol. The first-order valence-corrected chi connectivity index (χ1v) is 6.81. The van der Waals surface area contributed by atoms with E-state index in [1.165, 1.54) is 0 Å². The number of hydrogen-bond donors (Lipinski definition) is 0. The summed E-state index contributed by atoms with van der Waals surface area (Å²) in [6.45, 7) is 0.699. The maximum atomic E-state index is 11.8. The van der Waals surface area contributed by atoms with Crippen molar-refractivity contribution < 1.29 is 4.79 Å². The van der Waals surface area contributed by atoms with Gasteiger partial charge in [-0.05, 0) is 18.1 Å². The molecule has 2 nitrogen and oxygen atoms in total. The summed E-state index contributed by atoms with van der Waals surface area (Å²) in [4.78, 5) is 13.5. The van der Waals surface area contributed by atoms with Crippen molar-refractivity contribution >= 4 is 50.7 Å². The second-order valence-corrected chi connectivity index (χ2v) is 5.23. The summed E-state index contributed by atoms with van der Waals surface area (Å²) in [6, 6.07) is 5.34. The molecular formula is C11H10BrCl2NO. The van der Waals surface area contributed by atoms with Gasteiger partial charge in [0.15, 0.2) is 0 Å². The van der Waals surface area contributed by atoms with Crippen LogP contribution < -0.4 is 4.90 Å². The van der Waals surface area contributed by atoms with Crippen molar-refractivity contribution in [3.63, 3.8) is 0 Å². The molecule has 1 amide bonds. The van der Waals surface area contributed by atoms with Crippen LogP contribution in [0, 0.1) is 5.92 Å². The zero-order valence-electron chi connectivity index (χ0n) is 8.42. The Morgan fingerprint density at radius 3 is 2.81 bits per heavy atom. The molecule has 2 rings (SSSR count). The number of carbonyl (C=O) groups excluding carboxylic acids is 1. The number of alkyl halides is 1. The van der Waals surface area contributed by atoms with Crippen molar-refractivity contribution in [3.05, 3.63) is 28.2 Å². The molecule has 1 fully saturated rings. The fraction of sp³-hybridized carbons (Fsp3) is 0.364. The van der Waals surface area contributed by atoms with Crippen molar-refractivity contribution in [1.82, 2.24) is 0 Å². The first kappa shape index (κ1) is 12.2. The van der Waals surface area contributed by atoms with E-state index >= 15 is 0 Å². The van der Waals surface area contributed by atoms with Gasteiger partial charge in [0.05, 0.1) is 15.7 Å². The Balaban J connectivity index is 2.31. The number of benzene rings is 1. The summed E-state index contributed by atoms with van der Waals surface area (Å²) in [7, 11) is 0. The zero-order valence-corrected chi connectivity index (χ0v) is 11.5. The van der Waals surface area contributed by atoms with E-state index in [-0.39, 0.29) is 5.91 Å². The van der Waals surface area contributed by atoms with Gasteiger partial charge < -0.3 is 4.90 Å². The molecule has 1 saturated heterocycles. The minimum Gasteiger partial charge on any atom is -0.311 e. The summed E-state index contributed by atoms with van der Waals surface area (Å²) in [6.07, 6.45) is 0.564. The average Bonchev–Trinajstić information content (AvgIpc) is 2.64. The highest BCUT2D eigenvalue weighted by molar-refractivity contribution is 9.09. The first-order chi connectivity index (χ1) is 7.63. The Morgan fingerprint density at radius 2 is 2.19 bits per heavy atom. The van der Waals surface area contributed by atoms with E-state index in [2.05, 4.69) is 15.9 Å². The fourth-order valence-electron chi connectivity index (χ4n) is 1.82. The molecule has 0 aromatic heterocycles. The number of anilines is 1. The molecule has 0 bridgehead atoms. The van der Waals surface area contributed by atoms with Crippen molar-refractivity contribution in [2.75, 3.05) is 16.8 Å². The van der Waals surface area contributed by atoms with Crippen LogP contribution in [0.3, 0.4) is 0 Å². The number of halogens is 3. The van der Waals surface area contributed by atoms with Gasteiger partial charge in [-0.1, -0.05) is 45.2 Å². The Labute approximate surface area is 113 Å². The van der Waals surface area contributed by atoms with Crippen LogP contribution in [-0.2, 0) is 4.79 Å². The molecule has 1 atom stereocenters. The smallest absolute Gasteiger partial charge is 0.227 e. The SMILES string of the molecule is O=C1CC(CBr)CN1c1cccc(Cl)c1Cl. The number of rotatable bonds is 2. The molecule has 1 heterocycles. The Hall–Kier alpha value is -0.250. The van der Waals surface area contributed by atoms with Gasteiger partial charge in [0, 0.05) is 18.3 Å². The second kappa shape index (κ2) is 4.94. The maximum Gasteiger partial charge on any atom is 0.227 e. The number of nitrogens with zero attached hydrogens (tertiary/aromatic N) is 1. The number of amides is 1. The third-order valence-electron chi connectivity index (χ3n) is 2.65. The van der Waals surface area contributed by atoms with Crippen LogP contribution in [-0.4, -0.2) is 17.8 Å². The Kier molecular flexibility index (Phi) is 3.77. The van der Waals surface area contributed by atoms with Crippen LogP contribution in [0.15, 0.2) is 18.2 Å². The predicted octanol–water partition coefficient (Wildman–Crippen LogP) is 3.74. The van der Waals surface area contributed by atoms with Crippen LogP contribution in [0.25, 0.3) is 0 Å². The zero-order chi connectivity index (χ0) is 11.7. The minimum atomic E-state index is 0.105. The highest BCUT2D eigenvalue weighted by Gasteiger charge is 2.31. The third-order valence-corrected chi connectivity index (χ3v) is 4.37. The normalized spacial score (nSPS) is 20.6. The molecule has 16 heavy (non-hydrogen) atoms. The number of hydrogen-bond acceptors (Lipinski definition) is 1. The van der Waals surface area contributed by atoms with Crippen LogP contribution in [0.4, 0.5) is 5.69 Å². The van der Waals surface area contributed by atoms with Crippen molar-refractivity contribution in [1.29, 1.82) is 0 Å². The summed E-state index contributed by atoms with van der Waals surface area (Å²) in [5, 5.41) is 1.76. The molecule has 0 spiro atoms. The molecule has 1 aliphatic rings. The quantitative estimate of drug-likeness (QED) is 0.759. The van der Waals surface area contributed by atoms with Gasteiger partial charge in [-0.25, -0.2) is 0 Å². The molecule has 1 aliphatic heterocycles. The Morgan fingerprint density at radius 1 is 1.44 bits per heavy atom. The van der Waals surface area contributed by atoms with E-state index in [4.69, 9.17) is 23.2 Å². The van der Waals surface area contributed by atoms with Crippen LogP contribution in [0.1, 0.15) is 6.42 Å². The molecular weight excluding hydrogens is 313 g/mol. The van der Waals surface area contributed by atoms with Gasteiger partial charge in [-0.15, -0.1) is 0 Å². The van der Waals surface area contributed by atoms with Crippen LogP contribution in [0.2, 0.25) is 10.0 Å². The second-order valence-electron chi connectivity index (χ2n) is 3.80. The van der Waals surface area contributed by atoms with E-state index in [1.54, 1.807) is 17.0 Å². The predicted molar refractivity (Wildman–Crippen MR) is 70.7 cm³/mol. The standard InChI is InChI=1S/C11H10BrCl2NO/c12-5-7-4-10(16)15(6-7)9-3-1-2-8(13)11(9)14/h1-3,7H,4-6H2. The molecule has 0 N–H and O–H groups in total. The molecule has 0 saturated carbocycles. The van der Waals surface area contributed by atoms with Gasteiger partial charge in [0.25, 0.3) is 0 Å². The first-order valence-electron chi connectivity index (χ1n) is 4.94. The lowest BCUT2D eigenvalue weighted by atomic mass is 10.2. The van der Waals surface area contributed by atoms with E-state index in [0.29, 0.717) is 34.6 Å². The molecule has 0 aliphatic carbocycles. The van der Waals surface area contributed by atoms with Crippen molar-refractivity contribution in [2.24, 2.45) is 5.92 Å². The largest absolute Gasteiger partial charge is 0.311 e. The van der Waals surface area contributed by atoms with Gasteiger partial charge in [0.1, 0.15) is 0 Å². The molecule has 1 aromatic carbocycles. The molecule has 5 heteroatoms. The molecule has 1 aromatic rings. The van der Waals surface area contributed by atoms with E-state index in [9.17, 15) is 4.79 Å². The highest BCUT2D eigenvalue weighted by Crippen LogP contribution is 2.35. The molecule has 86 valence electrons. The molecule has 1 unspecified atom stereocenters. The topological polar surface area (TPSA) is 20.3 Å². The molecule has 0 radical (unpaired) electrons. The van der Waals surface area contributed by atoms with Gasteiger partial charge in [-0.2, -0.15) is 0 Å². The van der Waals surface area contributed by atoms with Crippen LogP contribution >= 0.6 is 39.1 Å². The van der Waals surface area contributed by atoms with E-state index in [1.807, 2.05) is 6.07 Å². The summed E-state index contributed by atoms with van der Waals surface area (Å²) in [5.74, 6) is 0.455. The lowest BCUT2D eigenvalue weighted by molar-refractivity contribution is -0.117. The summed E-state index contributed by atoms with van der Waals surface area (Å²) < 4.78 is 0. The lowest BCUT2D eigenvalue weighted by Gasteiger charge is -2.18. The van der Waals surface area contributed by atoms with E-state index < -0.39 is 0 Å². The fourth-order valence-corrected chi connectivity index (χ4v) is 2.65. The minimum absolute atomic E-state index is 0.105. The maximum absolute atomic E-state index is 11.8. The number of carbonyl (C=O) groups is 1. The Bertz CT molecular complexity index is 424. The van der Waals surface area contributed by atoms with Gasteiger partial charge in [-0.3, -0.25) is 4.79 Å². The van der Waals surface area contributed by atoms with Gasteiger partial charge in [0.2, 0.25) is 5.91 Å². The van der Waals surface area contributed by atoms with Gasteiger partial charge >= 0.3 is 0 Å². The van der Waals surface area contributed by atoms with E-state index in [0.717, 1.165) is 5.33 Å². The van der Waals surface area contributed by atoms with Crippen LogP contribution in [0.5, 0.6) is 0 Å². The summed E-state index contributed by atoms with van der Waals surface area (Å²) >= 11 is 15.4. The monoisotopic (exact) mass is 321 g/mol. The lowest BCUT2D eigenvalue weighted by Crippen LogP contribution is -2.24. The van der Waals surface area contributed by atoms with Crippen molar-refractivity contribution in [3.8, 4) is 0 Å². The van der Waals surface area contributed by atoms with Crippen molar-refractivity contribution in [2.45, 2.75) is 6.42 Å². The third kappa shape index (κ3) is 2.22.